The molecule has 2 rings (SSSR count). The smallest absolute Gasteiger partial charge is 0.00259 e. The molecule has 1 radical (unpaired) electrons. The second-order valence-corrected chi connectivity index (χ2v) is 5.44. The Morgan fingerprint density at radius 1 is 1.06 bits per heavy atom. The Morgan fingerprint density at radius 2 is 1.65 bits per heavy atom. The van der Waals surface area contributed by atoms with Crippen LogP contribution in [0.1, 0.15) is 27.9 Å². The third kappa shape index (κ3) is 3.41. The van der Waals surface area contributed by atoms with Gasteiger partial charge < -0.3 is 0 Å². The molecule has 0 aliphatic rings. The molecule has 2 aromatic carbocycles. The fourth-order valence-electron chi connectivity index (χ4n) is 2.15. The number of hydrogen-bond acceptors (Lipinski definition) is 0. The Kier molecular flexibility index (Phi) is 3.97. The molecule has 2 atom stereocenters. The van der Waals surface area contributed by atoms with Crippen molar-refractivity contribution in [3.8, 4) is 0 Å². The molecular weight excluding hydrogens is 223 g/mol. The van der Waals surface area contributed by atoms with Crippen LogP contribution in [-0.2, 0) is 6.42 Å². The summed E-state index contributed by atoms with van der Waals surface area (Å²) in [6.07, 6.45) is 1.06. The van der Waals surface area contributed by atoms with Gasteiger partial charge in [-0.2, -0.15) is 0 Å². The maximum atomic E-state index is 3.06. The monoisotopic (exact) mass is 241 g/mol. The van der Waals surface area contributed by atoms with E-state index in [1.165, 1.54) is 22.3 Å². The highest BCUT2D eigenvalue weighted by Crippen LogP contribution is 2.28. The standard InChI is InChI=1S/C16H18P/c1-12-8-13(2)10-15(9-12)16(17)11-14-6-4-3-5-7-14/h4-10,16H,11,17H2,1-2H3. The van der Waals surface area contributed by atoms with Crippen molar-refractivity contribution in [2.75, 3.05) is 0 Å². The molecule has 0 aliphatic heterocycles. The van der Waals surface area contributed by atoms with Crippen LogP contribution in [0.3, 0.4) is 0 Å². The highest BCUT2D eigenvalue weighted by molar-refractivity contribution is 7.17. The number of rotatable bonds is 3. The first-order valence-corrected chi connectivity index (χ1v) is 6.60. The van der Waals surface area contributed by atoms with Crippen molar-refractivity contribution in [2.24, 2.45) is 0 Å². The molecule has 1 heteroatoms. The van der Waals surface area contributed by atoms with Crippen LogP contribution in [0.2, 0.25) is 0 Å². The fourth-order valence-corrected chi connectivity index (χ4v) is 2.62. The summed E-state index contributed by atoms with van der Waals surface area (Å²) in [4.78, 5) is 0. The van der Waals surface area contributed by atoms with Crippen molar-refractivity contribution in [2.45, 2.75) is 25.9 Å². The van der Waals surface area contributed by atoms with Crippen molar-refractivity contribution in [3.05, 3.63) is 70.8 Å². The summed E-state index contributed by atoms with van der Waals surface area (Å²) in [5.41, 5.74) is 5.93. The maximum Gasteiger partial charge on any atom is 0.00259 e. The number of aryl methyl sites for hydroxylation is 2. The number of benzene rings is 2. The van der Waals surface area contributed by atoms with Gasteiger partial charge in [0.1, 0.15) is 0 Å². The van der Waals surface area contributed by atoms with Crippen LogP contribution < -0.4 is 0 Å². The van der Waals surface area contributed by atoms with Crippen molar-refractivity contribution >= 4 is 9.24 Å². The van der Waals surface area contributed by atoms with Crippen LogP contribution in [0.4, 0.5) is 0 Å². The van der Waals surface area contributed by atoms with E-state index < -0.39 is 0 Å². The lowest BCUT2D eigenvalue weighted by Crippen LogP contribution is -1.96. The van der Waals surface area contributed by atoms with Gasteiger partial charge in [0.05, 0.1) is 0 Å². The Hall–Kier alpha value is -1.13. The van der Waals surface area contributed by atoms with Crippen molar-refractivity contribution in [1.82, 2.24) is 0 Å². The highest BCUT2D eigenvalue weighted by atomic mass is 31.0. The van der Waals surface area contributed by atoms with Gasteiger partial charge in [0, 0.05) is 5.66 Å². The van der Waals surface area contributed by atoms with E-state index in [0.717, 1.165) is 6.42 Å². The SMILES string of the molecule is Cc1cc(C)cc(C(P)Cc2cc[c]cc2)c1. The summed E-state index contributed by atoms with van der Waals surface area (Å²) in [5.74, 6) is 0. The van der Waals surface area contributed by atoms with Gasteiger partial charge >= 0.3 is 0 Å². The molecule has 0 nitrogen and oxygen atoms in total. The molecule has 0 saturated heterocycles. The molecule has 0 bridgehead atoms. The van der Waals surface area contributed by atoms with Crippen LogP contribution in [0, 0.1) is 19.9 Å². The van der Waals surface area contributed by atoms with E-state index in [4.69, 9.17) is 0 Å². The van der Waals surface area contributed by atoms with Gasteiger partial charge in [-0.25, -0.2) is 0 Å². The molecule has 0 fully saturated rings. The second-order valence-electron chi connectivity index (χ2n) is 4.64. The Labute approximate surface area is 106 Å². The molecule has 0 amide bonds. The van der Waals surface area contributed by atoms with Crippen molar-refractivity contribution in [3.63, 3.8) is 0 Å². The van der Waals surface area contributed by atoms with Gasteiger partial charge in [-0.1, -0.05) is 53.6 Å². The highest BCUT2D eigenvalue weighted by Gasteiger charge is 2.07. The molecule has 0 aliphatic carbocycles. The molecular formula is C16H18P. The first-order chi connectivity index (χ1) is 8.15. The van der Waals surface area contributed by atoms with Gasteiger partial charge in [-0.05, 0) is 37.5 Å². The molecule has 0 saturated carbocycles. The van der Waals surface area contributed by atoms with Gasteiger partial charge in [0.25, 0.3) is 0 Å². The normalized spacial score (nSPS) is 12.4. The Morgan fingerprint density at radius 3 is 2.24 bits per heavy atom. The molecule has 2 aromatic rings. The maximum absolute atomic E-state index is 3.06. The third-order valence-electron chi connectivity index (χ3n) is 2.92. The van der Waals surface area contributed by atoms with Crippen molar-refractivity contribution in [1.29, 1.82) is 0 Å². The Balaban J connectivity index is 2.17. The summed E-state index contributed by atoms with van der Waals surface area (Å²) >= 11 is 0. The minimum absolute atomic E-state index is 0.482. The molecule has 0 N–H and O–H groups in total. The van der Waals surface area contributed by atoms with E-state index in [1.54, 1.807) is 0 Å². The predicted octanol–water partition coefficient (Wildman–Crippen LogP) is 4.26. The van der Waals surface area contributed by atoms with Crippen LogP contribution in [0.5, 0.6) is 0 Å². The lowest BCUT2D eigenvalue weighted by Gasteiger charge is -2.13. The van der Waals surface area contributed by atoms with E-state index in [9.17, 15) is 0 Å². The molecule has 0 spiro atoms. The van der Waals surface area contributed by atoms with E-state index >= 15 is 0 Å². The van der Waals surface area contributed by atoms with Crippen molar-refractivity contribution < 1.29 is 0 Å². The zero-order valence-electron chi connectivity index (χ0n) is 10.4. The topological polar surface area (TPSA) is 0 Å². The summed E-state index contributed by atoms with van der Waals surface area (Å²) in [6.45, 7) is 4.32. The van der Waals surface area contributed by atoms with E-state index in [-0.39, 0.29) is 0 Å². The van der Waals surface area contributed by atoms with E-state index in [2.05, 4.69) is 59.5 Å². The van der Waals surface area contributed by atoms with Crippen LogP contribution in [-0.4, -0.2) is 0 Å². The largest absolute Gasteiger partial charge is 0.129 e. The Bertz CT molecular complexity index is 468. The minimum atomic E-state index is 0.482. The lowest BCUT2D eigenvalue weighted by molar-refractivity contribution is 0.929. The average Bonchev–Trinajstić information content (AvgIpc) is 2.29. The minimum Gasteiger partial charge on any atom is -0.129 e. The predicted molar refractivity (Wildman–Crippen MR) is 77.3 cm³/mol. The molecule has 2 unspecified atom stereocenters. The summed E-state index contributed by atoms with van der Waals surface area (Å²) in [5, 5.41) is 0. The van der Waals surface area contributed by atoms with Gasteiger partial charge in [-0.15, -0.1) is 9.24 Å². The summed E-state index contributed by atoms with van der Waals surface area (Å²) in [7, 11) is 2.96. The van der Waals surface area contributed by atoms with E-state index in [0.29, 0.717) is 5.66 Å². The van der Waals surface area contributed by atoms with E-state index in [1.807, 2.05) is 12.1 Å². The molecule has 0 aromatic heterocycles. The summed E-state index contributed by atoms with van der Waals surface area (Å²) < 4.78 is 0. The summed E-state index contributed by atoms with van der Waals surface area (Å²) in [6, 6.07) is 18.1. The zero-order chi connectivity index (χ0) is 12.3. The van der Waals surface area contributed by atoms with Gasteiger partial charge in [0.2, 0.25) is 0 Å². The van der Waals surface area contributed by atoms with Gasteiger partial charge in [0.15, 0.2) is 0 Å². The fraction of sp³-hybridized carbons (Fsp3) is 0.250. The molecule has 0 heterocycles. The molecule has 87 valence electrons. The number of hydrogen-bond donors (Lipinski definition) is 0. The van der Waals surface area contributed by atoms with Crippen LogP contribution >= 0.6 is 9.24 Å². The molecule has 17 heavy (non-hydrogen) atoms. The lowest BCUT2D eigenvalue weighted by atomic mass is 10.0. The van der Waals surface area contributed by atoms with Crippen LogP contribution in [0.25, 0.3) is 0 Å². The van der Waals surface area contributed by atoms with Crippen LogP contribution in [0.15, 0.2) is 42.5 Å². The first kappa shape index (κ1) is 12.3. The van der Waals surface area contributed by atoms with Gasteiger partial charge in [-0.3, -0.25) is 0 Å². The average molecular weight is 241 g/mol. The second kappa shape index (κ2) is 5.47. The zero-order valence-corrected chi connectivity index (χ0v) is 11.6. The third-order valence-corrected chi connectivity index (χ3v) is 3.54. The first-order valence-electron chi connectivity index (χ1n) is 5.94. The quantitative estimate of drug-likeness (QED) is 0.704.